The van der Waals surface area contributed by atoms with Crippen LogP contribution in [0.3, 0.4) is 0 Å². The summed E-state index contributed by atoms with van der Waals surface area (Å²) in [5.74, 6) is 8.66. The van der Waals surface area contributed by atoms with E-state index in [1.807, 2.05) is 12.1 Å². The molecule has 0 bridgehead atoms. The molecule has 104 valence electrons. The summed E-state index contributed by atoms with van der Waals surface area (Å²) in [7, 11) is 4.87. The molecule has 0 saturated heterocycles. The molecule has 0 aliphatic rings. The maximum Gasteiger partial charge on any atom is 0.203 e. The lowest BCUT2D eigenvalue weighted by molar-refractivity contribution is 0.321. The van der Waals surface area contributed by atoms with Crippen molar-refractivity contribution in [2.75, 3.05) is 21.3 Å². The minimum atomic E-state index is 0.284. The highest BCUT2D eigenvalue weighted by molar-refractivity contribution is 5.56. The molecule has 3 nitrogen and oxygen atoms in total. The second-order valence-electron chi connectivity index (χ2n) is 4.27. The van der Waals surface area contributed by atoms with Gasteiger partial charge in [-0.15, -0.1) is 5.92 Å². The fourth-order valence-electron chi connectivity index (χ4n) is 1.98. The quantitative estimate of drug-likeness (QED) is 0.762. The summed E-state index contributed by atoms with van der Waals surface area (Å²) in [4.78, 5) is 0. The second-order valence-corrected chi connectivity index (χ2v) is 4.27. The van der Waals surface area contributed by atoms with Crippen molar-refractivity contribution in [3.05, 3.63) is 17.7 Å². The van der Waals surface area contributed by atoms with E-state index in [2.05, 4.69) is 25.7 Å². The van der Waals surface area contributed by atoms with E-state index < -0.39 is 0 Å². The lowest BCUT2D eigenvalue weighted by atomic mass is 10.00. The Labute approximate surface area is 115 Å². The van der Waals surface area contributed by atoms with Gasteiger partial charge in [-0.2, -0.15) is 0 Å². The van der Waals surface area contributed by atoms with Gasteiger partial charge in [0.05, 0.1) is 21.3 Å². The molecule has 1 atom stereocenters. The highest BCUT2D eigenvalue weighted by Crippen LogP contribution is 2.40. The molecule has 0 radical (unpaired) electrons. The third-order valence-electron chi connectivity index (χ3n) is 2.84. The molecule has 0 N–H and O–H groups in total. The molecule has 19 heavy (non-hydrogen) atoms. The first kappa shape index (κ1) is 15.2. The van der Waals surface area contributed by atoms with Crippen molar-refractivity contribution >= 4 is 0 Å². The van der Waals surface area contributed by atoms with Crippen LogP contribution in [0.2, 0.25) is 0 Å². The summed E-state index contributed by atoms with van der Waals surface area (Å²) in [6.45, 7) is 4.16. The number of benzene rings is 1. The zero-order valence-corrected chi connectivity index (χ0v) is 12.4. The van der Waals surface area contributed by atoms with Gasteiger partial charge in [-0.1, -0.05) is 25.8 Å². The Morgan fingerprint density at radius 3 is 2.26 bits per heavy atom. The van der Waals surface area contributed by atoms with Crippen molar-refractivity contribution in [2.45, 2.75) is 26.7 Å². The van der Waals surface area contributed by atoms with Crippen LogP contribution >= 0.6 is 0 Å². The maximum atomic E-state index is 5.46. The fraction of sp³-hybridized carbons (Fsp3) is 0.500. The van der Waals surface area contributed by atoms with Crippen LogP contribution < -0.4 is 14.2 Å². The standard InChI is InChI=1S/C16H22O3/c1-6-7-8-12(2)11-13-9-10-14(17-3)16(19-5)15(13)18-4/h9-10,12H,6,11H2,1-5H3. The second kappa shape index (κ2) is 7.58. The van der Waals surface area contributed by atoms with E-state index in [9.17, 15) is 0 Å². The molecular weight excluding hydrogens is 240 g/mol. The molecule has 0 saturated carbocycles. The Morgan fingerprint density at radius 2 is 1.74 bits per heavy atom. The Hall–Kier alpha value is -1.82. The van der Waals surface area contributed by atoms with Gasteiger partial charge in [0.15, 0.2) is 11.5 Å². The minimum Gasteiger partial charge on any atom is -0.493 e. The summed E-state index contributed by atoms with van der Waals surface area (Å²) in [5.41, 5.74) is 1.08. The summed E-state index contributed by atoms with van der Waals surface area (Å²) in [6, 6.07) is 3.90. The average Bonchev–Trinajstić information content (AvgIpc) is 2.44. The first-order chi connectivity index (χ1) is 9.17. The first-order valence-electron chi connectivity index (χ1n) is 6.44. The van der Waals surface area contributed by atoms with Gasteiger partial charge < -0.3 is 14.2 Å². The van der Waals surface area contributed by atoms with Gasteiger partial charge in [0.2, 0.25) is 5.75 Å². The fourth-order valence-corrected chi connectivity index (χ4v) is 1.98. The molecule has 0 heterocycles. The van der Waals surface area contributed by atoms with E-state index in [-0.39, 0.29) is 5.92 Å². The van der Waals surface area contributed by atoms with Crippen LogP contribution in [0.4, 0.5) is 0 Å². The number of rotatable bonds is 5. The highest BCUT2D eigenvalue weighted by Gasteiger charge is 2.16. The molecule has 0 aliphatic heterocycles. The minimum absolute atomic E-state index is 0.284. The molecular formula is C16H22O3. The Morgan fingerprint density at radius 1 is 1.05 bits per heavy atom. The third kappa shape index (κ3) is 3.82. The molecule has 0 amide bonds. The SMILES string of the molecule is CCC#CC(C)Cc1ccc(OC)c(OC)c1OC. The van der Waals surface area contributed by atoms with E-state index in [1.165, 1.54) is 0 Å². The average molecular weight is 262 g/mol. The van der Waals surface area contributed by atoms with Crippen LogP contribution in [0.5, 0.6) is 17.2 Å². The summed E-state index contributed by atoms with van der Waals surface area (Å²) >= 11 is 0. The zero-order valence-electron chi connectivity index (χ0n) is 12.4. The smallest absolute Gasteiger partial charge is 0.203 e. The van der Waals surface area contributed by atoms with Gasteiger partial charge >= 0.3 is 0 Å². The monoisotopic (exact) mass is 262 g/mol. The van der Waals surface area contributed by atoms with Gasteiger partial charge in [-0.3, -0.25) is 0 Å². The third-order valence-corrected chi connectivity index (χ3v) is 2.84. The van der Waals surface area contributed by atoms with Gasteiger partial charge in [0.1, 0.15) is 0 Å². The number of hydrogen-bond donors (Lipinski definition) is 0. The Bertz CT molecular complexity index is 469. The summed E-state index contributed by atoms with van der Waals surface area (Å²) in [6.07, 6.45) is 1.71. The molecule has 3 heteroatoms. The van der Waals surface area contributed by atoms with Crippen LogP contribution in [0.1, 0.15) is 25.8 Å². The van der Waals surface area contributed by atoms with E-state index in [1.54, 1.807) is 21.3 Å². The van der Waals surface area contributed by atoms with Crippen LogP contribution in [0.15, 0.2) is 12.1 Å². The molecule has 0 aromatic heterocycles. The van der Waals surface area contributed by atoms with Crippen molar-refractivity contribution in [2.24, 2.45) is 5.92 Å². The number of hydrogen-bond acceptors (Lipinski definition) is 3. The molecule has 0 aliphatic carbocycles. The topological polar surface area (TPSA) is 27.7 Å². The molecule has 0 fully saturated rings. The molecule has 0 spiro atoms. The molecule has 1 aromatic carbocycles. The molecule has 1 rings (SSSR count). The van der Waals surface area contributed by atoms with Crippen molar-refractivity contribution in [1.29, 1.82) is 0 Å². The van der Waals surface area contributed by atoms with Gasteiger partial charge in [0, 0.05) is 12.3 Å². The highest BCUT2D eigenvalue weighted by atomic mass is 16.5. The van der Waals surface area contributed by atoms with Crippen molar-refractivity contribution in [3.8, 4) is 29.1 Å². The van der Waals surface area contributed by atoms with Crippen LogP contribution in [0.25, 0.3) is 0 Å². The maximum absolute atomic E-state index is 5.46. The lowest BCUT2D eigenvalue weighted by Gasteiger charge is -2.16. The Kier molecular flexibility index (Phi) is 6.08. The summed E-state index contributed by atoms with van der Waals surface area (Å²) < 4.78 is 16.1. The van der Waals surface area contributed by atoms with E-state index in [0.29, 0.717) is 11.5 Å². The first-order valence-corrected chi connectivity index (χ1v) is 6.44. The van der Waals surface area contributed by atoms with Crippen molar-refractivity contribution < 1.29 is 14.2 Å². The zero-order chi connectivity index (χ0) is 14.3. The van der Waals surface area contributed by atoms with Crippen LogP contribution in [-0.4, -0.2) is 21.3 Å². The number of ether oxygens (including phenoxy) is 3. The van der Waals surface area contributed by atoms with Crippen LogP contribution in [0, 0.1) is 17.8 Å². The van der Waals surface area contributed by atoms with Gasteiger partial charge in [-0.05, 0) is 18.1 Å². The van der Waals surface area contributed by atoms with Crippen LogP contribution in [-0.2, 0) is 6.42 Å². The molecule has 1 aromatic rings. The van der Waals surface area contributed by atoms with Gasteiger partial charge in [-0.25, -0.2) is 0 Å². The Balaban J connectivity index is 3.07. The normalized spacial score (nSPS) is 11.2. The predicted molar refractivity (Wildman–Crippen MR) is 77.0 cm³/mol. The molecule has 1 unspecified atom stereocenters. The van der Waals surface area contributed by atoms with Crippen molar-refractivity contribution in [3.63, 3.8) is 0 Å². The summed E-state index contributed by atoms with van der Waals surface area (Å²) in [5, 5.41) is 0. The largest absolute Gasteiger partial charge is 0.493 e. The lowest BCUT2D eigenvalue weighted by Crippen LogP contribution is -2.02. The van der Waals surface area contributed by atoms with Gasteiger partial charge in [0.25, 0.3) is 0 Å². The predicted octanol–water partition coefficient (Wildman–Crippen LogP) is 3.30. The van der Waals surface area contributed by atoms with E-state index >= 15 is 0 Å². The van der Waals surface area contributed by atoms with E-state index in [4.69, 9.17) is 14.2 Å². The number of methoxy groups -OCH3 is 3. The van der Waals surface area contributed by atoms with E-state index in [0.717, 1.165) is 24.2 Å². The van der Waals surface area contributed by atoms with Crippen molar-refractivity contribution in [1.82, 2.24) is 0 Å².